The van der Waals surface area contributed by atoms with Crippen LogP contribution >= 0.6 is 0 Å². The van der Waals surface area contributed by atoms with Crippen molar-refractivity contribution in [3.8, 4) is 0 Å². The number of rotatable bonds is 5. The molecule has 1 aromatic rings. The van der Waals surface area contributed by atoms with Crippen LogP contribution in [0.5, 0.6) is 0 Å². The highest BCUT2D eigenvalue weighted by Gasteiger charge is 2.48. The van der Waals surface area contributed by atoms with Crippen LogP contribution in [0.15, 0.2) is 30.3 Å². The fourth-order valence-corrected chi connectivity index (χ4v) is 3.72. The van der Waals surface area contributed by atoms with Crippen molar-refractivity contribution in [1.82, 2.24) is 15.1 Å². The third kappa shape index (κ3) is 4.30. The van der Waals surface area contributed by atoms with E-state index >= 15 is 0 Å². The third-order valence-corrected chi connectivity index (χ3v) is 5.17. The number of benzene rings is 1. The number of imide groups is 1. The standard InChI is InChI=1S/C20H27N3O4/c1-14-11-22(12-15(2)27-14)17(24)13-23-18(25)20(3,21-19(23)26)10-9-16-7-5-4-6-8-16/h4-8,14-15H,9-13H2,1-3H3,(H,21,26)/t14-,15-,20+/m0/s1. The molecule has 2 heterocycles. The van der Waals surface area contributed by atoms with Gasteiger partial charge in [-0.3, -0.25) is 14.5 Å². The van der Waals surface area contributed by atoms with Gasteiger partial charge in [-0.15, -0.1) is 0 Å². The number of nitrogens with one attached hydrogen (secondary N) is 1. The summed E-state index contributed by atoms with van der Waals surface area (Å²) in [6.07, 6.45) is 1.04. The summed E-state index contributed by atoms with van der Waals surface area (Å²) in [5.74, 6) is -0.570. The first-order chi connectivity index (χ1) is 12.8. The van der Waals surface area contributed by atoms with Crippen LogP contribution in [-0.2, 0) is 20.7 Å². The third-order valence-electron chi connectivity index (χ3n) is 5.17. The van der Waals surface area contributed by atoms with E-state index in [1.807, 2.05) is 44.2 Å². The highest BCUT2D eigenvalue weighted by atomic mass is 16.5. The lowest BCUT2D eigenvalue weighted by atomic mass is 9.93. The lowest BCUT2D eigenvalue weighted by molar-refractivity contribution is -0.146. The Balaban J connectivity index is 1.62. The molecular formula is C20H27N3O4. The molecule has 27 heavy (non-hydrogen) atoms. The number of amides is 4. The van der Waals surface area contributed by atoms with Crippen LogP contribution in [0.1, 0.15) is 32.8 Å². The number of aryl methyl sites for hydroxylation is 1. The number of urea groups is 1. The molecule has 0 bridgehead atoms. The summed E-state index contributed by atoms with van der Waals surface area (Å²) in [6.45, 7) is 6.25. The Labute approximate surface area is 159 Å². The van der Waals surface area contributed by atoms with Gasteiger partial charge in [-0.2, -0.15) is 0 Å². The Morgan fingerprint density at radius 1 is 1.19 bits per heavy atom. The second-order valence-corrected chi connectivity index (χ2v) is 7.70. The van der Waals surface area contributed by atoms with Crippen molar-refractivity contribution >= 4 is 17.8 Å². The summed E-state index contributed by atoms with van der Waals surface area (Å²) in [7, 11) is 0. The van der Waals surface area contributed by atoms with Gasteiger partial charge in [0.1, 0.15) is 12.1 Å². The normalized spacial score (nSPS) is 28.4. The molecule has 0 aromatic heterocycles. The van der Waals surface area contributed by atoms with Crippen molar-refractivity contribution in [3.63, 3.8) is 0 Å². The quantitative estimate of drug-likeness (QED) is 0.795. The maximum Gasteiger partial charge on any atom is 0.325 e. The van der Waals surface area contributed by atoms with Gasteiger partial charge in [-0.25, -0.2) is 4.79 Å². The van der Waals surface area contributed by atoms with Gasteiger partial charge >= 0.3 is 6.03 Å². The van der Waals surface area contributed by atoms with Crippen molar-refractivity contribution in [1.29, 1.82) is 0 Å². The van der Waals surface area contributed by atoms with Crippen LogP contribution in [0.4, 0.5) is 4.79 Å². The van der Waals surface area contributed by atoms with Crippen molar-refractivity contribution in [2.24, 2.45) is 0 Å². The van der Waals surface area contributed by atoms with Gasteiger partial charge in [0.2, 0.25) is 5.91 Å². The maximum atomic E-state index is 12.9. The van der Waals surface area contributed by atoms with Crippen molar-refractivity contribution in [3.05, 3.63) is 35.9 Å². The number of carbonyl (C=O) groups excluding carboxylic acids is 3. The van der Waals surface area contributed by atoms with E-state index in [0.29, 0.717) is 25.9 Å². The average molecular weight is 373 g/mol. The molecule has 0 radical (unpaired) electrons. The summed E-state index contributed by atoms with van der Waals surface area (Å²) >= 11 is 0. The van der Waals surface area contributed by atoms with E-state index in [0.717, 1.165) is 10.5 Å². The van der Waals surface area contributed by atoms with Gasteiger partial charge in [0.05, 0.1) is 12.2 Å². The summed E-state index contributed by atoms with van der Waals surface area (Å²) in [5, 5.41) is 2.77. The van der Waals surface area contributed by atoms with Gasteiger partial charge in [0, 0.05) is 13.1 Å². The average Bonchev–Trinajstić information content (AvgIpc) is 2.83. The zero-order valence-corrected chi connectivity index (χ0v) is 16.1. The van der Waals surface area contributed by atoms with Crippen molar-refractivity contribution in [2.45, 2.75) is 51.4 Å². The van der Waals surface area contributed by atoms with E-state index in [1.54, 1.807) is 11.8 Å². The Hall–Kier alpha value is -2.41. The minimum absolute atomic E-state index is 0.0584. The smallest absolute Gasteiger partial charge is 0.325 e. The summed E-state index contributed by atoms with van der Waals surface area (Å²) in [6, 6.07) is 9.32. The van der Waals surface area contributed by atoms with E-state index in [2.05, 4.69) is 5.32 Å². The number of ether oxygens (including phenoxy) is 1. The molecule has 146 valence electrons. The van der Waals surface area contributed by atoms with Gasteiger partial charge in [0.25, 0.3) is 5.91 Å². The second kappa shape index (κ2) is 7.68. The number of morpholine rings is 1. The van der Waals surface area contributed by atoms with E-state index in [9.17, 15) is 14.4 Å². The van der Waals surface area contributed by atoms with E-state index in [4.69, 9.17) is 4.74 Å². The Kier molecular flexibility index (Phi) is 5.51. The Bertz CT molecular complexity index is 713. The molecule has 4 amide bonds. The zero-order chi connectivity index (χ0) is 19.6. The molecule has 0 saturated carbocycles. The fourth-order valence-electron chi connectivity index (χ4n) is 3.72. The van der Waals surface area contributed by atoms with Crippen LogP contribution < -0.4 is 5.32 Å². The molecule has 0 spiro atoms. The molecular weight excluding hydrogens is 346 g/mol. The molecule has 0 unspecified atom stereocenters. The molecule has 0 aliphatic carbocycles. The molecule has 7 nitrogen and oxygen atoms in total. The summed E-state index contributed by atoms with van der Waals surface area (Å²) in [5.41, 5.74) is 0.116. The largest absolute Gasteiger partial charge is 0.372 e. The minimum Gasteiger partial charge on any atom is -0.372 e. The van der Waals surface area contributed by atoms with Gasteiger partial charge in [0.15, 0.2) is 0 Å². The second-order valence-electron chi connectivity index (χ2n) is 7.70. The number of carbonyl (C=O) groups is 3. The number of hydrogen-bond acceptors (Lipinski definition) is 4. The summed E-state index contributed by atoms with van der Waals surface area (Å²) < 4.78 is 5.63. The summed E-state index contributed by atoms with van der Waals surface area (Å²) in [4.78, 5) is 40.5. The molecule has 7 heteroatoms. The van der Waals surface area contributed by atoms with Gasteiger partial charge in [-0.1, -0.05) is 30.3 Å². The van der Waals surface area contributed by atoms with Crippen LogP contribution in [0, 0.1) is 0 Å². The van der Waals surface area contributed by atoms with E-state index < -0.39 is 11.6 Å². The first-order valence-electron chi connectivity index (χ1n) is 9.40. The predicted molar refractivity (Wildman–Crippen MR) is 100 cm³/mol. The molecule has 2 saturated heterocycles. The van der Waals surface area contributed by atoms with Crippen LogP contribution in [-0.4, -0.2) is 65.0 Å². The molecule has 1 aromatic carbocycles. The van der Waals surface area contributed by atoms with E-state index in [-0.39, 0.29) is 30.6 Å². The molecule has 3 rings (SSSR count). The van der Waals surface area contributed by atoms with Crippen LogP contribution in [0.2, 0.25) is 0 Å². The molecule has 1 N–H and O–H groups in total. The van der Waals surface area contributed by atoms with Crippen molar-refractivity contribution in [2.75, 3.05) is 19.6 Å². The maximum absolute atomic E-state index is 12.9. The lowest BCUT2D eigenvalue weighted by Gasteiger charge is -2.35. The number of hydrogen-bond donors (Lipinski definition) is 1. The van der Waals surface area contributed by atoms with Gasteiger partial charge in [-0.05, 0) is 39.2 Å². The highest BCUT2D eigenvalue weighted by Crippen LogP contribution is 2.23. The molecule has 2 aliphatic rings. The predicted octanol–water partition coefficient (Wildman–Crippen LogP) is 1.57. The van der Waals surface area contributed by atoms with Gasteiger partial charge < -0.3 is 15.0 Å². The molecule has 2 fully saturated rings. The fraction of sp³-hybridized carbons (Fsp3) is 0.550. The Morgan fingerprint density at radius 3 is 2.44 bits per heavy atom. The number of nitrogens with zero attached hydrogens (tertiary/aromatic N) is 2. The minimum atomic E-state index is -0.987. The monoisotopic (exact) mass is 373 g/mol. The van der Waals surface area contributed by atoms with Crippen LogP contribution in [0.25, 0.3) is 0 Å². The van der Waals surface area contributed by atoms with Crippen LogP contribution in [0.3, 0.4) is 0 Å². The zero-order valence-electron chi connectivity index (χ0n) is 16.1. The SMILES string of the molecule is C[C@H]1CN(C(=O)CN2C(=O)N[C@](C)(CCc3ccccc3)C2=O)C[C@H](C)O1. The first-order valence-corrected chi connectivity index (χ1v) is 9.40. The first kappa shape index (κ1) is 19.4. The Morgan fingerprint density at radius 2 is 1.81 bits per heavy atom. The molecule has 3 atom stereocenters. The lowest BCUT2D eigenvalue weighted by Crippen LogP contribution is -2.52. The highest BCUT2D eigenvalue weighted by molar-refractivity contribution is 6.08. The molecule has 2 aliphatic heterocycles. The van der Waals surface area contributed by atoms with E-state index in [1.165, 1.54) is 0 Å². The van der Waals surface area contributed by atoms with Crippen molar-refractivity contribution < 1.29 is 19.1 Å². The topological polar surface area (TPSA) is 79.0 Å².